The number of halogens is 1. The molecule has 0 saturated carbocycles. The molecule has 0 aromatic heterocycles. The molecule has 8 nitrogen and oxygen atoms in total. The number of carbonyl (C=O) groups excluding carboxylic acids is 5. The third-order valence-corrected chi connectivity index (χ3v) is 2.52. The molecule has 0 aromatic carbocycles. The number of rotatable bonds is 4. The van der Waals surface area contributed by atoms with E-state index < -0.39 is 23.7 Å². The van der Waals surface area contributed by atoms with Gasteiger partial charge in [0.2, 0.25) is 5.24 Å². The highest BCUT2D eigenvalue weighted by Crippen LogP contribution is 2.18. The molecule has 0 atom stereocenters. The van der Waals surface area contributed by atoms with Crippen molar-refractivity contribution in [3.8, 4) is 0 Å². The Morgan fingerprint density at radius 1 is 1.08 bits per heavy atom. The van der Waals surface area contributed by atoms with E-state index in [9.17, 15) is 24.0 Å². The third-order valence-electron chi connectivity index (χ3n) is 2.25. The van der Waals surface area contributed by atoms with Crippen molar-refractivity contribution in [3.63, 3.8) is 0 Å². The van der Waals surface area contributed by atoms with Crippen LogP contribution in [0.25, 0.3) is 0 Å². The fraction of sp³-hybridized carbons (Fsp3) is 0.667. The van der Waals surface area contributed by atoms with E-state index in [-0.39, 0.29) is 23.9 Å². The van der Waals surface area contributed by atoms with Crippen LogP contribution in [-0.2, 0) is 38.2 Å². The highest BCUT2D eigenvalue weighted by atomic mass is 35.5. The maximum Gasteiger partial charge on any atom is 0.320 e. The van der Waals surface area contributed by atoms with E-state index in [0.717, 1.165) is 0 Å². The van der Waals surface area contributed by atoms with Crippen molar-refractivity contribution >= 4 is 40.5 Å². The summed E-state index contributed by atoms with van der Waals surface area (Å²) in [4.78, 5) is 51.5. The standard InChI is InChI=1S/C6H8O4.C6H10O3.C3H5ClO/c1-6(2)9-4(7)3-5(8)10-6;1-3-5(7)4-6(8)9-2;1-2-3(4)5/h3H2,1-2H3;3-4H2,1-2H3;2H2,1H3. The molecule has 1 rings (SSSR count). The monoisotopic (exact) mass is 366 g/mol. The highest BCUT2D eigenvalue weighted by molar-refractivity contribution is 6.63. The molecule has 138 valence electrons. The molecule has 24 heavy (non-hydrogen) atoms. The summed E-state index contributed by atoms with van der Waals surface area (Å²) in [5.41, 5.74) is 0. The smallest absolute Gasteiger partial charge is 0.320 e. The van der Waals surface area contributed by atoms with Crippen LogP contribution in [0.2, 0.25) is 0 Å². The van der Waals surface area contributed by atoms with E-state index in [2.05, 4.69) is 14.2 Å². The van der Waals surface area contributed by atoms with Crippen LogP contribution in [0.1, 0.15) is 53.4 Å². The Labute approximate surface area is 145 Å². The number of ketones is 1. The topological polar surface area (TPSA) is 113 Å². The highest BCUT2D eigenvalue weighted by Gasteiger charge is 2.34. The Balaban J connectivity index is 0. The zero-order valence-corrected chi connectivity index (χ0v) is 15.2. The number of hydrogen-bond donors (Lipinski definition) is 0. The average molecular weight is 367 g/mol. The molecule has 0 aliphatic carbocycles. The van der Waals surface area contributed by atoms with Gasteiger partial charge in [-0.1, -0.05) is 13.8 Å². The van der Waals surface area contributed by atoms with Crippen LogP contribution in [0, 0.1) is 0 Å². The summed E-state index contributed by atoms with van der Waals surface area (Å²) in [5, 5.41) is -0.273. The van der Waals surface area contributed by atoms with Gasteiger partial charge in [-0.05, 0) is 11.6 Å². The van der Waals surface area contributed by atoms with Gasteiger partial charge in [-0.2, -0.15) is 0 Å². The minimum absolute atomic E-state index is 0.0816. The van der Waals surface area contributed by atoms with Gasteiger partial charge in [-0.3, -0.25) is 24.0 Å². The third kappa shape index (κ3) is 15.0. The summed E-state index contributed by atoms with van der Waals surface area (Å²) >= 11 is 4.82. The van der Waals surface area contributed by atoms with Crippen LogP contribution in [0.4, 0.5) is 0 Å². The van der Waals surface area contributed by atoms with Crippen molar-refractivity contribution in [1.82, 2.24) is 0 Å². The lowest BCUT2D eigenvalue weighted by molar-refractivity contribution is -0.231. The summed E-state index contributed by atoms with van der Waals surface area (Å²) in [6.45, 7) is 6.46. The summed E-state index contributed by atoms with van der Waals surface area (Å²) in [6, 6.07) is 0. The summed E-state index contributed by atoms with van der Waals surface area (Å²) in [6.07, 6.45) is 0.465. The number of ether oxygens (including phenoxy) is 3. The van der Waals surface area contributed by atoms with E-state index in [1.165, 1.54) is 21.0 Å². The lowest BCUT2D eigenvalue weighted by Gasteiger charge is -2.28. The number of hydrogen-bond acceptors (Lipinski definition) is 8. The first-order valence-corrected chi connectivity index (χ1v) is 7.55. The number of esters is 3. The molecule has 0 aromatic rings. The summed E-state index contributed by atoms with van der Waals surface area (Å²) < 4.78 is 13.6. The zero-order chi connectivity index (χ0) is 19.3. The molecule has 1 aliphatic heterocycles. The molecule has 1 aliphatic rings. The van der Waals surface area contributed by atoms with Crippen LogP contribution in [0.15, 0.2) is 0 Å². The first-order valence-electron chi connectivity index (χ1n) is 7.17. The minimum Gasteiger partial charge on any atom is -0.469 e. The molecule has 0 bridgehead atoms. The van der Waals surface area contributed by atoms with Gasteiger partial charge in [-0.15, -0.1) is 0 Å². The minimum atomic E-state index is -1.08. The second-order valence-corrected chi connectivity index (χ2v) is 5.30. The molecule has 1 heterocycles. The van der Waals surface area contributed by atoms with Crippen molar-refractivity contribution in [2.24, 2.45) is 0 Å². The lowest BCUT2D eigenvalue weighted by Crippen LogP contribution is -2.39. The van der Waals surface area contributed by atoms with Crippen molar-refractivity contribution in [2.75, 3.05) is 7.11 Å². The van der Waals surface area contributed by atoms with Gasteiger partial charge in [0.25, 0.3) is 5.79 Å². The van der Waals surface area contributed by atoms with Gasteiger partial charge < -0.3 is 14.2 Å². The van der Waals surface area contributed by atoms with Crippen LogP contribution < -0.4 is 0 Å². The number of Topliss-reactive ketones (excluding diaryl/α,β-unsaturated/α-hetero) is 1. The first-order chi connectivity index (χ1) is 11.0. The van der Waals surface area contributed by atoms with Gasteiger partial charge in [-0.25, -0.2) is 0 Å². The fourth-order valence-corrected chi connectivity index (χ4v) is 1.12. The predicted molar refractivity (Wildman–Crippen MR) is 84.0 cm³/mol. The Kier molecular flexibility index (Phi) is 12.6. The zero-order valence-electron chi connectivity index (χ0n) is 14.5. The van der Waals surface area contributed by atoms with E-state index in [4.69, 9.17) is 11.6 Å². The molecule has 1 fully saturated rings. The molecule has 0 N–H and O–H groups in total. The molecule has 0 spiro atoms. The maximum atomic E-state index is 10.6. The largest absolute Gasteiger partial charge is 0.469 e. The van der Waals surface area contributed by atoms with Crippen molar-refractivity contribution in [1.29, 1.82) is 0 Å². The Morgan fingerprint density at radius 3 is 1.75 bits per heavy atom. The number of carbonyl (C=O) groups is 5. The van der Waals surface area contributed by atoms with Crippen LogP contribution in [0.3, 0.4) is 0 Å². The number of cyclic esters (lactones) is 2. The van der Waals surface area contributed by atoms with Gasteiger partial charge in [0, 0.05) is 26.7 Å². The SMILES string of the molecule is CC1(C)OC(=O)CC(=O)O1.CCC(=O)CC(=O)OC.CCC(=O)Cl. The molecule has 0 radical (unpaired) electrons. The van der Waals surface area contributed by atoms with E-state index in [1.54, 1.807) is 13.8 Å². The second kappa shape index (κ2) is 12.5. The Hall–Kier alpha value is -1.96. The lowest BCUT2D eigenvalue weighted by atomic mass is 10.2. The van der Waals surface area contributed by atoms with Crippen molar-refractivity contribution in [2.45, 2.75) is 59.2 Å². The summed E-state index contributed by atoms with van der Waals surface area (Å²) in [5.74, 6) is -2.67. The first kappa shape index (κ1) is 24.3. The normalized spacial score (nSPS) is 14.6. The maximum absolute atomic E-state index is 10.6. The Morgan fingerprint density at radius 2 is 1.50 bits per heavy atom. The summed E-state index contributed by atoms with van der Waals surface area (Å²) in [7, 11) is 1.27. The quantitative estimate of drug-likeness (QED) is 0.421. The van der Waals surface area contributed by atoms with Gasteiger partial charge in [0.1, 0.15) is 18.6 Å². The van der Waals surface area contributed by atoms with Gasteiger partial charge >= 0.3 is 17.9 Å². The van der Waals surface area contributed by atoms with E-state index in [1.807, 2.05) is 0 Å². The van der Waals surface area contributed by atoms with Crippen LogP contribution in [-0.4, -0.2) is 41.8 Å². The van der Waals surface area contributed by atoms with Crippen molar-refractivity contribution in [3.05, 3.63) is 0 Å². The molecule has 1 saturated heterocycles. The average Bonchev–Trinajstić information content (AvgIpc) is 2.45. The molecule has 0 amide bonds. The Bertz CT molecular complexity index is 438. The molecular weight excluding hydrogens is 344 g/mol. The van der Waals surface area contributed by atoms with Gasteiger partial charge in [0.15, 0.2) is 0 Å². The van der Waals surface area contributed by atoms with Crippen LogP contribution in [0.5, 0.6) is 0 Å². The molecule has 0 unspecified atom stereocenters. The number of methoxy groups -OCH3 is 1. The second-order valence-electron chi connectivity index (χ2n) is 4.88. The van der Waals surface area contributed by atoms with E-state index >= 15 is 0 Å². The van der Waals surface area contributed by atoms with Crippen molar-refractivity contribution < 1.29 is 38.2 Å². The molecule has 9 heteroatoms. The van der Waals surface area contributed by atoms with Gasteiger partial charge in [0.05, 0.1) is 7.11 Å². The predicted octanol–water partition coefficient (Wildman–Crippen LogP) is 1.90. The molecular formula is C15H23ClO8. The van der Waals surface area contributed by atoms with Crippen LogP contribution >= 0.6 is 11.6 Å². The fourth-order valence-electron chi connectivity index (χ4n) is 1.12. The van der Waals surface area contributed by atoms with E-state index in [0.29, 0.717) is 12.8 Å².